The molecule has 0 saturated carbocycles. The number of allylic oxidation sites excluding steroid dienone is 2. The van der Waals surface area contributed by atoms with E-state index in [9.17, 15) is 14.7 Å². The zero-order valence-corrected chi connectivity index (χ0v) is 11.7. The topological polar surface area (TPSA) is 77.8 Å². The van der Waals surface area contributed by atoms with Crippen molar-refractivity contribution in [3.63, 3.8) is 0 Å². The third-order valence-corrected chi connectivity index (χ3v) is 4.44. The first-order valence-electron chi connectivity index (χ1n) is 7.44. The van der Waals surface area contributed by atoms with Crippen molar-refractivity contribution < 1.29 is 19.8 Å². The Balaban J connectivity index is 2.11. The maximum absolute atomic E-state index is 12.7. The van der Waals surface area contributed by atoms with Crippen molar-refractivity contribution in [1.29, 1.82) is 0 Å². The third kappa shape index (κ3) is 3.20. The lowest BCUT2D eigenvalue weighted by Gasteiger charge is -2.39. The van der Waals surface area contributed by atoms with Crippen LogP contribution >= 0.6 is 0 Å². The van der Waals surface area contributed by atoms with Gasteiger partial charge < -0.3 is 15.1 Å². The van der Waals surface area contributed by atoms with Crippen LogP contribution in [-0.2, 0) is 9.59 Å². The summed E-state index contributed by atoms with van der Waals surface area (Å²) in [4.78, 5) is 25.8. The lowest BCUT2D eigenvalue weighted by molar-refractivity contribution is -0.152. The first kappa shape index (κ1) is 15.0. The molecule has 0 aromatic rings. The van der Waals surface area contributed by atoms with E-state index in [2.05, 4.69) is 0 Å². The third-order valence-electron chi connectivity index (χ3n) is 4.44. The number of aliphatic carboxylic acids is 1. The maximum Gasteiger partial charge on any atom is 0.307 e. The van der Waals surface area contributed by atoms with E-state index in [1.165, 1.54) is 0 Å². The van der Waals surface area contributed by atoms with Crippen LogP contribution in [0.4, 0.5) is 0 Å². The van der Waals surface area contributed by atoms with Crippen LogP contribution < -0.4 is 0 Å². The Morgan fingerprint density at radius 2 is 1.85 bits per heavy atom. The summed E-state index contributed by atoms with van der Waals surface area (Å²) in [6.07, 6.45) is 8.24. The molecule has 3 atom stereocenters. The van der Waals surface area contributed by atoms with E-state index in [-0.39, 0.29) is 18.6 Å². The molecule has 1 amide bonds. The maximum atomic E-state index is 12.7. The largest absolute Gasteiger partial charge is 0.481 e. The molecule has 1 saturated heterocycles. The van der Waals surface area contributed by atoms with Gasteiger partial charge in [0.1, 0.15) is 0 Å². The van der Waals surface area contributed by atoms with Gasteiger partial charge in [0, 0.05) is 19.2 Å². The highest BCUT2D eigenvalue weighted by Gasteiger charge is 2.38. The van der Waals surface area contributed by atoms with E-state index >= 15 is 0 Å². The highest BCUT2D eigenvalue weighted by atomic mass is 16.4. The van der Waals surface area contributed by atoms with Crippen LogP contribution in [0, 0.1) is 11.8 Å². The Bertz CT molecular complexity index is 391. The minimum Gasteiger partial charge on any atom is -0.481 e. The molecule has 0 aromatic heterocycles. The van der Waals surface area contributed by atoms with Crippen LogP contribution in [0.25, 0.3) is 0 Å². The summed E-state index contributed by atoms with van der Waals surface area (Å²) in [7, 11) is 0. The summed E-state index contributed by atoms with van der Waals surface area (Å²) in [6.45, 7) is 0.761. The molecule has 5 nitrogen and oxygen atoms in total. The number of aliphatic hydroxyl groups is 1. The number of nitrogens with zero attached hydrogens (tertiary/aromatic N) is 1. The number of amides is 1. The molecule has 0 spiro atoms. The lowest BCUT2D eigenvalue weighted by Crippen LogP contribution is -2.49. The van der Waals surface area contributed by atoms with Gasteiger partial charge in [-0.05, 0) is 38.5 Å². The van der Waals surface area contributed by atoms with Crippen molar-refractivity contribution >= 4 is 11.9 Å². The van der Waals surface area contributed by atoms with Crippen molar-refractivity contribution in [2.45, 2.75) is 44.6 Å². The van der Waals surface area contributed by atoms with Gasteiger partial charge in [0.2, 0.25) is 5.91 Å². The van der Waals surface area contributed by atoms with Gasteiger partial charge in [0.05, 0.1) is 11.8 Å². The molecular formula is C15H23NO4. The highest BCUT2D eigenvalue weighted by Crippen LogP contribution is 2.30. The van der Waals surface area contributed by atoms with Crippen LogP contribution in [0.5, 0.6) is 0 Å². The quantitative estimate of drug-likeness (QED) is 0.764. The number of carboxylic acid groups (broad SMARTS) is 1. The zero-order chi connectivity index (χ0) is 14.5. The Morgan fingerprint density at radius 3 is 2.50 bits per heavy atom. The summed E-state index contributed by atoms with van der Waals surface area (Å²) in [5.74, 6) is -1.98. The normalized spacial score (nSPS) is 30.2. The van der Waals surface area contributed by atoms with Gasteiger partial charge in [-0.3, -0.25) is 9.59 Å². The molecule has 0 bridgehead atoms. The van der Waals surface area contributed by atoms with Crippen LogP contribution in [0.15, 0.2) is 12.2 Å². The summed E-state index contributed by atoms with van der Waals surface area (Å²) >= 11 is 0. The molecule has 3 unspecified atom stereocenters. The van der Waals surface area contributed by atoms with Crippen LogP contribution in [0.3, 0.4) is 0 Å². The van der Waals surface area contributed by atoms with Crippen LogP contribution in [0.2, 0.25) is 0 Å². The average molecular weight is 281 g/mol. The molecule has 2 rings (SSSR count). The van der Waals surface area contributed by atoms with Crippen molar-refractivity contribution in [3.05, 3.63) is 12.2 Å². The molecule has 1 heterocycles. The number of carboxylic acids is 1. The summed E-state index contributed by atoms with van der Waals surface area (Å²) < 4.78 is 0. The molecular weight excluding hydrogens is 258 g/mol. The molecule has 1 aliphatic carbocycles. The average Bonchev–Trinajstić information content (AvgIpc) is 2.47. The molecule has 2 aliphatic rings. The van der Waals surface area contributed by atoms with Crippen molar-refractivity contribution in [3.8, 4) is 0 Å². The van der Waals surface area contributed by atoms with Gasteiger partial charge in [-0.1, -0.05) is 12.2 Å². The van der Waals surface area contributed by atoms with Crippen molar-refractivity contribution in [1.82, 2.24) is 4.90 Å². The fraction of sp³-hybridized carbons (Fsp3) is 0.733. The molecule has 0 radical (unpaired) electrons. The molecule has 1 aliphatic heterocycles. The Morgan fingerprint density at radius 1 is 1.15 bits per heavy atom. The number of piperidine rings is 1. The number of hydrogen-bond acceptors (Lipinski definition) is 3. The second-order valence-electron chi connectivity index (χ2n) is 5.69. The van der Waals surface area contributed by atoms with Crippen molar-refractivity contribution in [2.75, 3.05) is 13.2 Å². The fourth-order valence-electron chi connectivity index (χ4n) is 3.31. The number of rotatable bonds is 4. The van der Waals surface area contributed by atoms with Gasteiger partial charge in [0.25, 0.3) is 0 Å². The molecule has 0 aromatic carbocycles. The van der Waals surface area contributed by atoms with Crippen molar-refractivity contribution in [2.24, 2.45) is 11.8 Å². The summed E-state index contributed by atoms with van der Waals surface area (Å²) in [6, 6.07) is 0.0709. The lowest BCUT2D eigenvalue weighted by atomic mass is 9.81. The van der Waals surface area contributed by atoms with E-state index < -0.39 is 17.8 Å². The zero-order valence-electron chi connectivity index (χ0n) is 11.7. The van der Waals surface area contributed by atoms with Gasteiger partial charge in [0.15, 0.2) is 0 Å². The number of hydrogen-bond donors (Lipinski definition) is 2. The van der Waals surface area contributed by atoms with E-state index in [4.69, 9.17) is 5.11 Å². The van der Waals surface area contributed by atoms with Gasteiger partial charge in [-0.15, -0.1) is 0 Å². The Labute approximate surface area is 119 Å². The highest BCUT2D eigenvalue weighted by molar-refractivity contribution is 5.85. The SMILES string of the molecule is O=C(O)C1CC=CCC1C(=O)N1CCCCC1CCO. The predicted molar refractivity (Wildman–Crippen MR) is 74.0 cm³/mol. The van der Waals surface area contributed by atoms with Crippen LogP contribution in [0.1, 0.15) is 38.5 Å². The number of likely N-dealkylation sites (tertiary alicyclic amines) is 1. The summed E-state index contributed by atoms with van der Waals surface area (Å²) in [5.41, 5.74) is 0. The molecule has 1 fully saturated rings. The van der Waals surface area contributed by atoms with E-state index in [0.29, 0.717) is 25.8 Å². The first-order chi connectivity index (χ1) is 9.65. The van der Waals surface area contributed by atoms with E-state index in [1.807, 2.05) is 17.1 Å². The minimum absolute atomic E-state index is 0.0418. The summed E-state index contributed by atoms with van der Waals surface area (Å²) in [5, 5.41) is 18.4. The van der Waals surface area contributed by atoms with Crippen LogP contribution in [-0.4, -0.2) is 46.2 Å². The Hall–Kier alpha value is -1.36. The molecule has 20 heavy (non-hydrogen) atoms. The van der Waals surface area contributed by atoms with Gasteiger partial charge in [-0.2, -0.15) is 0 Å². The molecule has 5 heteroatoms. The number of carbonyl (C=O) groups is 2. The molecule has 112 valence electrons. The number of aliphatic hydroxyl groups excluding tert-OH is 1. The van der Waals surface area contributed by atoms with Gasteiger partial charge >= 0.3 is 5.97 Å². The second kappa shape index (κ2) is 6.88. The standard InChI is InChI=1S/C15H23NO4/c17-10-8-11-5-3-4-9-16(11)14(18)12-6-1-2-7-13(12)15(19)20/h1-2,11-13,17H,3-10H2,(H,19,20). The predicted octanol–water partition coefficient (Wildman–Crippen LogP) is 1.42. The smallest absolute Gasteiger partial charge is 0.307 e. The molecule has 2 N–H and O–H groups in total. The van der Waals surface area contributed by atoms with Gasteiger partial charge in [-0.25, -0.2) is 0 Å². The Kier molecular flexibility index (Phi) is 5.17. The minimum atomic E-state index is -0.886. The number of carbonyl (C=O) groups excluding carboxylic acids is 1. The monoisotopic (exact) mass is 281 g/mol. The van der Waals surface area contributed by atoms with E-state index in [1.54, 1.807) is 0 Å². The fourth-order valence-corrected chi connectivity index (χ4v) is 3.31. The second-order valence-corrected chi connectivity index (χ2v) is 5.69. The first-order valence-corrected chi connectivity index (χ1v) is 7.44. The van der Waals surface area contributed by atoms with E-state index in [0.717, 1.165) is 19.3 Å².